The number of carbonyl (C=O) groups excluding carboxylic acids is 4. The lowest BCUT2D eigenvalue weighted by molar-refractivity contribution is -0.128. The Kier molecular flexibility index (Phi) is 6.51. The minimum atomic E-state index is -0.822. The van der Waals surface area contributed by atoms with E-state index in [1.165, 1.54) is 48.5 Å². The number of ether oxygens (including phenoxy) is 1. The van der Waals surface area contributed by atoms with Gasteiger partial charge in [-0.3, -0.25) is 24.1 Å². The van der Waals surface area contributed by atoms with E-state index >= 15 is 0 Å². The van der Waals surface area contributed by atoms with Crippen molar-refractivity contribution in [3.05, 3.63) is 78.4 Å². The first-order chi connectivity index (χ1) is 21.1. The van der Waals surface area contributed by atoms with Crippen molar-refractivity contribution in [2.75, 3.05) is 9.80 Å². The molecule has 3 aromatic carbocycles. The molecule has 4 amide bonds. The Morgan fingerprint density at radius 3 is 1.57 bits per heavy atom. The number of rotatable bonds is 6. The van der Waals surface area contributed by atoms with Crippen molar-refractivity contribution in [2.45, 2.75) is 38.4 Å². The van der Waals surface area contributed by atoms with Crippen LogP contribution >= 0.6 is 0 Å². The molecule has 0 radical (unpaired) electrons. The fourth-order valence-corrected chi connectivity index (χ4v) is 8.28. The SMILES string of the molecule is CCC(c1ccc(O)cc1)C1C2OC(C3C(=O)N(c4ccc(O)cc4)C(=O)C23)C1C1C(=O)N(c2ccc(O)cc2)C(=O)C1C. The summed E-state index contributed by atoms with van der Waals surface area (Å²) in [5.41, 5.74) is 1.60. The highest BCUT2D eigenvalue weighted by atomic mass is 16.5. The lowest BCUT2D eigenvalue weighted by Gasteiger charge is -2.40. The van der Waals surface area contributed by atoms with Gasteiger partial charge in [0.25, 0.3) is 0 Å². The first kappa shape index (κ1) is 28.1. The number of phenolic OH excluding ortho intramolecular Hbond substituents is 3. The number of hydrogen-bond donors (Lipinski definition) is 3. The van der Waals surface area contributed by atoms with Gasteiger partial charge in [0, 0.05) is 11.8 Å². The van der Waals surface area contributed by atoms with Crippen molar-refractivity contribution in [1.82, 2.24) is 0 Å². The first-order valence-electron chi connectivity index (χ1n) is 14.9. The maximum atomic E-state index is 14.2. The molecule has 4 aliphatic rings. The lowest BCUT2D eigenvalue weighted by Crippen LogP contribution is -2.48. The van der Waals surface area contributed by atoms with E-state index in [4.69, 9.17) is 4.74 Å². The van der Waals surface area contributed by atoms with Gasteiger partial charge >= 0.3 is 0 Å². The molecule has 3 N–H and O–H groups in total. The highest BCUT2D eigenvalue weighted by Gasteiger charge is 2.72. The van der Waals surface area contributed by atoms with Gasteiger partial charge in [-0.25, -0.2) is 4.90 Å². The van der Waals surface area contributed by atoms with Crippen LogP contribution in [0.4, 0.5) is 11.4 Å². The number of imide groups is 2. The highest BCUT2D eigenvalue weighted by Crippen LogP contribution is 2.62. The second-order valence-electron chi connectivity index (χ2n) is 12.2. The lowest BCUT2D eigenvalue weighted by atomic mass is 9.58. The molecular formula is C34H32N2O8. The zero-order chi connectivity index (χ0) is 31.0. The van der Waals surface area contributed by atoms with E-state index in [2.05, 4.69) is 0 Å². The molecule has 9 unspecified atom stereocenters. The van der Waals surface area contributed by atoms with Crippen LogP contribution in [0.5, 0.6) is 17.2 Å². The molecule has 10 heteroatoms. The fraction of sp³-hybridized carbons (Fsp3) is 0.353. The standard InChI is InChI=1S/C34H32N2O8/c1-3-23(17-4-10-20(37)11-5-17)25-26(24-16(2)31(40)35(32(24)41)18-6-12-21(38)13-7-18)30-28-27(29(25)44-30)33(42)36(34(28)43)19-8-14-22(39)15-9-19/h4-16,23-30,37-39H,3H2,1-2H3. The summed E-state index contributed by atoms with van der Waals surface area (Å²) in [5, 5.41) is 29.5. The van der Waals surface area contributed by atoms with Crippen LogP contribution in [0.15, 0.2) is 72.8 Å². The third-order valence-electron chi connectivity index (χ3n) is 10.1. The zero-order valence-corrected chi connectivity index (χ0v) is 24.1. The Morgan fingerprint density at radius 1 is 0.636 bits per heavy atom. The van der Waals surface area contributed by atoms with Gasteiger partial charge in [-0.2, -0.15) is 0 Å². The van der Waals surface area contributed by atoms with E-state index in [1.807, 2.05) is 19.1 Å². The van der Waals surface area contributed by atoms with Gasteiger partial charge in [0.05, 0.1) is 41.3 Å². The number of aromatic hydroxyl groups is 3. The van der Waals surface area contributed by atoms with Gasteiger partial charge in [-0.15, -0.1) is 0 Å². The Hall–Kier alpha value is -4.70. The van der Waals surface area contributed by atoms with Crippen LogP contribution < -0.4 is 9.80 Å². The van der Waals surface area contributed by atoms with E-state index in [0.29, 0.717) is 17.8 Å². The van der Waals surface area contributed by atoms with Crippen molar-refractivity contribution in [2.24, 2.45) is 35.5 Å². The van der Waals surface area contributed by atoms with Crippen LogP contribution in [0.1, 0.15) is 31.7 Å². The molecule has 4 saturated heterocycles. The summed E-state index contributed by atoms with van der Waals surface area (Å²) in [6.45, 7) is 3.73. The molecule has 226 valence electrons. The van der Waals surface area contributed by atoms with Crippen LogP contribution in [0.2, 0.25) is 0 Å². The number of fused-ring (bicyclic) bond motifs is 5. The average molecular weight is 597 g/mol. The second kappa shape index (κ2) is 10.2. The number of phenols is 3. The van der Waals surface area contributed by atoms with Crippen LogP contribution in [-0.4, -0.2) is 51.2 Å². The van der Waals surface area contributed by atoms with Crippen molar-refractivity contribution in [1.29, 1.82) is 0 Å². The summed E-state index contributed by atoms with van der Waals surface area (Å²) < 4.78 is 6.56. The van der Waals surface area contributed by atoms with E-state index in [0.717, 1.165) is 15.4 Å². The summed E-state index contributed by atoms with van der Waals surface area (Å²) in [6, 6.07) is 18.6. The average Bonchev–Trinajstić information content (AvgIpc) is 3.70. The predicted octanol–water partition coefficient (Wildman–Crippen LogP) is 3.94. The van der Waals surface area contributed by atoms with Crippen molar-refractivity contribution in [3.8, 4) is 17.2 Å². The number of hydrogen-bond acceptors (Lipinski definition) is 8. The summed E-state index contributed by atoms with van der Waals surface area (Å²) >= 11 is 0. The smallest absolute Gasteiger partial charge is 0.240 e. The van der Waals surface area contributed by atoms with Gasteiger partial charge < -0.3 is 20.1 Å². The fourth-order valence-electron chi connectivity index (χ4n) is 8.28. The van der Waals surface area contributed by atoms with Gasteiger partial charge in [0.15, 0.2) is 0 Å². The molecule has 0 spiro atoms. The molecule has 7 rings (SSSR count). The van der Waals surface area contributed by atoms with Crippen molar-refractivity contribution >= 4 is 35.0 Å². The van der Waals surface area contributed by atoms with Gasteiger partial charge in [0.1, 0.15) is 17.2 Å². The number of carbonyl (C=O) groups is 4. The Balaban J connectivity index is 1.32. The summed E-state index contributed by atoms with van der Waals surface area (Å²) in [5.74, 6) is -5.68. The molecular weight excluding hydrogens is 564 g/mol. The van der Waals surface area contributed by atoms with Crippen molar-refractivity contribution < 1.29 is 39.2 Å². The third-order valence-corrected chi connectivity index (χ3v) is 10.1. The number of nitrogens with zero attached hydrogens (tertiary/aromatic N) is 2. The minimum absolute atomic E-state index is 0.00679. The minimum Gasteiger partial charge on any atom is -0.508 e. The summed E-state index contributed by atoms with van der Waals surface area (Å²) in [6.07, 6.45) is -0.821. The van der Waals surface area contributed by atoms with E-state index in [9.17, 15) is 34.5 Å². The predicted molar refractivity (Wildman–Crippen MR) is 158 cm³/mol. The van der Waals surface area contributed by atoms with Crippen LogP contribution in [-0.2, 0) is 23.9 Å². The topological polar surface area (TPSA) is 145 Å². The third kappa shape index (κ3) is 3.97. The number of amides is 4. The van der Waals surface area contributed by atoms with Crippen molar-refractivity contribution in [3.63, 3.8) is 0 Å². The molecule has 4 fully saturated rings. The normalized spacial score (nSPS) is 31.7. The van der Waals surface area contributed by atoms with E-state index in [1.54, 1.807) is 19.1 Å². The molecule has 3 aromatic rings. The zero-order valence-electron chi connectivity index (χ0n) is 24.1. The molecule has 0 saturated carbocycles. The molecule has 2 bridgehead atoms. The molecule has 0 aromatic heterocycles. The van der Waals surface area contributed by atoms with Crippen LogP contribution in [0, 0.1) is 35.5 Å². The highest BCUT2D eigenvalue weighted by molar-refractivity contribution is 6.24. The Labute approximate surface area is 253 Å². The van der Waals surface area contributed by atoms with E-state index in [-0.39, 0.29) is 40.9 Å². The monoisotopic (exact) mass is 596 g/mol. The maximum absolute atomic E-state index is 14.2. The maximum Gasteiger partial charge on any atom is 0.240 e. The van der Waals surface area contributed by atoms with Gasteiger partial charge in [-0.05, 0) is 84.5 Å². The molecule has 4 heterocycles. The largest absolute Gasteiger partial charge is 0.508 e. The number of benzene rings is 3. The summed E-state index contributed by atoms with van der Waals surface area (Å²) in [4.78, 5) is 58.2. The molecule has 4 aliphatic heterocycles. The molecule has 44 heavy (non-hydrogen) atoms. The van der Waals surface area contributed by atoms with Crippen LogP contribution in [0.25, 0.3) is 0 Å². The Morgan fingerprint density at radius 2 is 1.07 bits per heavy atom. The second-order valence-corrected chi connectivity index (χ2v) is 12.2. The molecule has 10 nitrogen and oxygen atoms in total. The molecule has 9 atom stereocenters. The first-order valence-corrected chi connectivity index (χ1v) is 14.9. The molecule has 0 aliphatic carbocycles. The quantitative estimate of drug-likeness (QED) is 0.363. The van der Waals surface area contributed by atoms with Gasteiger partial charge in [0.2, 0.25) is 23.6 Å². The number of anilines is 2. The Bertz CT molecular complexity index is 1650. The van der Waals surface area contributed by atoms with E-state index < -0.39 is 53.6 Å². The van der Waals surface area contributed by atoms with Gasteiger partial charge in [-0.1, -0.05) is 26.0 Å². The van der Waals surface area contributed by atoms with Crippen LogP contribution in [0.3, 0.4) is 0 Å². The summed E-state index contributed by atoms with van der Waals surface area (Å²) in [7, 11) is 0.